The Labute approximate surface area is 273 Å². The molecule has 0 aliphatic carbocycles. The number of ether oxygens (including phenoxy) is 2. The van der Waals surface area contributed by atoms with Crippen LogP contribution in [0.3, 0.4) is 0 Å². The number of aromatic nitrogens is 3. The van der Waals surface area contributed by atoms with Crippen LogP contribution < -0.4 is 14.4 Å². The zero-order chi connectivity index (χ0) is 35.2. The van der Waals surface area contributed by atoms with Crippen molar-refractivity contribution in [3.63, 3.8) is 0 Å². The average Bonchev–Trinajstić information content (AvgIpc) is 3.02. The molecule has 0 amide bonds. The van der Waals surface area contributed by atoms with Gasteiger partial charge in [-0.15, -0.1) is 0 Å². The molecule has 0 aliphatic rings. The molecule has 2 aromatic heterocycles. The van der Waals surface area contributed by atoms with E-state index in [4.69, 9.17) is 19.6 Å². The van der Waals surface area contributed by atoms with E-state index in [1.165, 1.54) is 24.4 Å². The molecule has 4 aromatic rings. The molecule has 0 saturated heterocycles. The van der Waals surface area contributed by atoms with Crippen LogP contribution in [-0.4, -0.2) is 39.7 Å². The Balaban J connectivity index is 1.80. The van der Waals surface area contributed by atoms with Crippen LogP contribution in [0.15, 0.2) is 60.9 Å². The first-order valence-corrected chi connectivity index (χ1v) is 14.9. The van der Waals surface area contributed by atoms with Crippen LogP contribution in [0, 0.1) is 6.92 Å². The smallest absolute Gasteiger partial charge is 0.416 e. The molecule has 0 atom stereocenters. The minimum absolute atomic E-state index is 0.0176. The van der Waals surface area contributed by atoms with E-state index in [0.717, 1.165) is 5.56 Å². The Kier molecular flexibility index (Phi) is 11.2. The average molecular weight is 677 g/mol. The molecule has 0 spiro atoms. The van der Waals surface area contributed by atoms with Gasteiger partial charge >= 0.3 is 18.3 Å². The summed E-state index contributed by atoms with van der Waals surface area (Å²) in [5.41, 5.74) is 0.278. The van der Waals surface area contributed by atoms with E-state index in [1.54, 1.807) is 13.0 Å². The number of rotatable bonds is 13. The first-order valence-electron chi connectivity index (χ1n) is 14.9. The molecule has 1 N–H and O–H groups in total. The van der Waals surface area contributed by atoms with Crippen molar-refractivity contribution < 1.29 is 45.7 Å². The van der Waals surface area contributed by atoms with Crippen molar-refractivity contribution in [3.05, 3.63) is 94.6 Å². The number of carboxylic acid groups (broad SMARTS) is 1. The molecule has 48 heavy (non-hydrogen) atoms. The number of anilines is 1. The third kappa shape index (κ3) is 9.35. The monoisotopic (exact) mass is 676 g/mol. The van der Waals surface area contributed by atoms with E-state index in [1.807, 2.05) is 38.1 Å². The van der Waals surface area contributed by atoms with Gasteiger partial charge in [0.25, 0.3) is 0 Å². The first-order chi connectivity index (χ1) is 22.5. The number of alkyl halides is 6. The van der Waals surface area contributed by atoms with Crippen molar-refractivity contribution in [1.82, 2.24) is 15.0 Å². The highest BCUT2D eigenvalue weighted by atomic mass is 19.4. The molecule has 0 bridgehead atoms. The molecule has 0 saturated carbocycles. The number of halogens is 6. The number of methoxy groups -OCH3 is 1. The number of aliphatic carboxylic acids is 1. The lowest BCUT2D eigenvalue weighted by Crippen LogP contribution is -2.26. The minimum atomic E-state index is -5.03. The lowest BCUT2D eigenvalue weighted by molar-refractivity contribution is -0.143. The summed E-state index contributed by atoms with van der Waals surface area (Å²) in [5, 5.41) is 8.83. The highest BCUT2D eigenvalue weighted by molar-refractivity contribution is 5.74. The van der Waals surface area contributed by atoms with Gasteiger partial charge in [-0.2, -0.15) is 26.3 Å². The fraction of sp³-hybridized carbons (Fsp3) is 0.353. The minimum Gasteiger partial charge on any atom is -0.496 e. The standard InChI is InChI=1S/C34H34F6N4O4/c1-20(2)23-8-10-30(47-4)28(14-23)27-9-7-21(3)43-29(27)19-44(32-41-16-26(17-42-32)48-11-5-6-31(45)46)18-22-12-24(33(35,36)37)15-25(13-22)34(38,39)40/h7-10,12-17,20H,5-6,11,18-19H2,1-4H3,(H,45,46). The summed E-state index contributed by atoms with van der Waals surface area (Å²) in [6.45, 7) is 5.34. The van der Waals surface area contributed by atoms with Gasteiger partial charge in [0.2, 0.25) is 5.95 Å². The normalized spacial score (nSPS) is 11.9. The lowest BCUT2D eigenvalue weighted by atomic mass is 9.95. The molecular weight excluding hydrogens is 642 g/mol. The van der Waals surface area contributed by atoms with E-state index in [2.05, 4.69) is 9.97 Å². The second kappa shape index (κ2) is 14.9. The zero-order valence-corrected chi connectivity index (χ0v) is 26.6. The molecule has 0 radical (unpaired) electrons. The van der Waals surface area contributed by atoms with Crippen LogP contribution >= 0.6 is 0 Å². The van der Waals surface area contributed by atoms with Crippen LogP contribution in [0.2, 0.25) is 0 Å². The molecule has 8 nitrogen and oxygen atoms in total. The van der Waals surface area contributed by atoms with Crippen molar-refractivity contribution in [2.75, 3.05) is 18.6 Å². The topological polar surface area (TPSA) is 97.7 Å². The van der Waals surface area contributed by atoms with Gasteiger partial charge in [0.1, 0.15) is 5.75 Å². The van der Waals surface area contributed by atoms with Crippen LogP contribution in [0.5, 0.6) is 11.5 Å². The Morgan fingerprint density at radius 1 is 0.896 bits per heavy atom. The fourth-order valence-electron chi connectivity index (χ4n) is 4.94. The maximum atomic E-state index is 13.7. The van der Waals surface area contributed by atoms with Crippen LogP contribution in [-0.2, 0) is 30.2 Å². The van der Waals surface area contributed by atoms with Crippen molar-refractivity contribution in [3.8, 4) is 22.6 Å². The molecular formula is C34H34F6N4O4. The SMILES string of the molecule is COc1ccc(C(C)C)cc1-c1ccc(C)nc1CN(Cc1cc(C(F)(F)F)cc(C(F)(F)F)c1)c1ncc(OCCCC(=O)O)cn1. The molecule has 2 heterocycles. The van der Waals surface area contributed by atoms with Gasteiger partial charge in [-0.3, -0.25) is 9.78 Å². The summed E-state index contributed by atoms with van der Waals surface area (Å²) in [7, 11) is 1.52. The Morgan fingerprint density at radius 2 is 1.54 bits per heavy atom. The summed E-state index contributed by atoms with van der Waals surface area (Å²) in [6, 6.07) is 10.8. The number of nitrogens with zero attached hydrogens (tertiary/aromatic N) is 4. The predicted octanol–water partition coefficient (Wildman–Crippen LogP) is 8.47. The third-order valence-corrected chi connectivity index (χ3v) is 7.36. The number of hydrogen-bond donors (Lipinski definition) is 1. The van der Waals surface area contributed by atoms with Crippen molar-refractivity contribution in [2.24, 2.45) is 0 Å². The van der Waals surface area contributed by atoms with Gasteiger partial charge in [-0.25, -0.2) is 9.97 Å². The highest BCUT2D eigenvalue weighted by Crippen LogP contribution is 2.38. The van der Waals surface area contributed by atoms with E-state index in [9.17, 15) is 31.1 Å². The Morgan fingerprint density at radius 3 is 2.10 bits per heavy atom. The molecule has 4 rings (SSSR count). The third-order valence-electron chi connectivity index (χ3n) is 7.36. The van der Waals surface area contributed by atoms with E-state index in [-0.39, 0.29) is 55.2 Å². The van der Waals surface area contributed by atoms with E-state index < -0.39 is 36.0 Å². The predicted molar refractivity (Wildman–Crippen MR) is 166 cm³/mol. The molecule has 0 aliphatic heterocycles. The van der Waals surface area contributed by atoms with Crippen molar-refractivity contribution in [1.29, 1.82) is 0 Å². The summed E-state index contributed by atoms with van der Waals surface area (Å²) in [6.07, 6.45) is -7.35. The molecule has 256 valence electrons. The van der Waals surface area contributed by atoms with Crippen molar-refractivity contribution >= 4 is 11.9 Å². The van der Waals surface area contributed by atoms with Gasteiger partial charge < -0.3 is 19.5 Å². The lowest BCUT2D eigenvalue weighted by Gasteiger charge is -2.25. The summed E-state index contributed by atoms with van der Waals surface area (Å²) >= 11 is 0. The molecule has 14 heteroatoms. The molecule has 0 unspecified atom stereocenters. The number of aryl methyl sites for hydroxylation is 1. The van der Waals surface area contributed by atoms with Gasteiger partial charge in [-0.05, 0) is 66.8 Å². The van der Waals surface area contributed by atoms with Crippen LogP contribution in [0.1, 0.15) is 66.2 Å². The van der Waals surface area contributed by atoms with Crippen LogP contribution in [0.25, 0.3) is 11.1 Å². The fourth-order valence-corrected chi connectivity index (χ4v) is 4.94. The zero-order valence-electron chi connectivity index (χ0n) is 26.6. The van der Waals surface area contributed by atoms with Gasteiger partial charge in [-0.1, -0.05) is 26.0 Å². The number of carbonyl (C=O) groups is 1. The Bertz CT molecular complexity index is 1690. The number of hydrogen-bond acceptors (Lipinski definition) is 7. The number of pyridine rings is 1. The summed E-state index contributed by atoms with van der Waals surface area (Å²) < 4.78 is 93.5. The van der Waals surface area contributed by atoms with Gasteiger partial charge in [0.05, 0.1) is 49.5 Å². The number of carboxylic acids is 1. The maximum Gasteiger partial charge on any atom is 0.416 e. The quantitative estimate of drug-likeness (QED) is 0.111. The first kappa shape index (κ1) is 36.0. The molecule has 0 fully saturated rings. The van der Waals surface area contributed by atoms with E-state index in [0.29, 0.717) is 40.4 Å². The largest absolute Gasteiger partial charge is 0.496 e. The summed E-state index contributed by atoms with van der Waals surface area (Å²) in [4.78, 5) is 25.5. The molecule has 2 aromatic carbocycles. The Hall–Kier alpha value is -4.88. The van der Waals surface area contributed by atoms with Crippen LogP contribution in [0.4, 0.5) is 32.3 Å². The van der Waals surface area contributed by atoms with Gasteiger partial charge in [0.15, 0.2) is 5.75 Å². The number of benzene rings is 2. The summed E-state index contributed by atoms with van der Waals surface area (Å²) in [5.74, 6) is -0.0777. The maximum absolute atomic E-state index is 13.7. The highest BCUT2D eigenvalue weighted by Gasteiger charge is 2.37. The van der Waals surface area contributed by atoms with E-state index >= 15 is 0 Å². The second-order valence-electron chi connectivity index (χ2n) is 11.4. The second-order valence-corrected chi connectivity index (χ2v) is 11.4. The van der Waals surface area contributed by atoms with Crippen molar-refractivity contribution in [2.45, 2.75) is 65.0 Å². The van der Waals surface area contributed by atoms with Gasteiger partial charge in [0, 0.05) is 29.8 Å².